The molecule has 7 heteroatoms. The van der Waals surface area contributed by atoms with E-state index in [-0.39, 0.29) is 22.6 Å². The van der Waals surface area contributed by atoms with Crippen LogP contribution in [-0.4, -0.2) is 34.9 Å². The van der Waals surface area contributed by atoms with E-state index < -0.39 is 0 Å². The van der Waals surface area contributed by atoms with E-state index in [1.165, 1.54) is 5.56 Å². The maximum absolute atomic E-state index is 12.8. The van der Waals surface area contributed by atoms with Crippen LogP contribution in [0.1, 0.15) is 54.1 Å². The molecule has 1 saturated heterocycles. The largest absolute Gasteiger partial charge is 0.489 e. The van der Waals surface area contributed by atoms with Crippen LogP contribution < -0.4 is 10.1 Å². The standard InChI is InChI=1S/C28H31N3O4/c1-20(2)35-27-13-10-24(18-26(27)29-28(32)23-6-4-3-5-7-23)22-14-16-30(17-15-22)19-21-8-11-25(12-9-21)31(33)34/h3-13,18,20,22H,14-17,19H2,1-2H3,(H,29,32). The Kier molecular flexibility index (Phi) is 7.77. The van der Waals surface area contributed by atoms with Crippen LogP contribution in [0.2, 0.25) is 0 Å². The molecule has 1 aliphatic rings. The van der Waals surface area contributed by atoms with Crippen LogP contribution >= 0.6 is 0 Å². The summed E-state index contributed by atoms with van der Waals surface area (Å²) in [5.74, 6) is 0.904. The number of ether oxygens (including phenoxy) is 1. The van der Waals surface area contributed by atoms with Gasteiger partial charge in [-0.15, -0.1) is 0 Å². The van der Waals surface area contributed by atoms with Gasteiger partial charge in [-0.05, 0) is 81.1 Å². The molecule has 0 aromatic heterocycles. The number of benzene rings is 3. The van der Waals surface area contributed by atoms with Crippen molar-refractivity contribution in [1.29, 1.82) is 0 Å². The van der Waals surface area contributed by atoms with Gasteiger partial charge in [0, 0.05) is 24.2 Å². The normalized spacial score (nSPS) is 14.6. The summed E-state index contributed by atoms with van der Waals surface area (Å²) in [4.78, 5) is 25.7. The molecule has 0 saturated carbocycles. The van der Waals surface area contributed by atoms with Crippen molar-refractivity contribution < 1.29 is 14.5 Å². The van der Waals surface area contributed by atoms with E-state index in [1.54, 1.807) is 24.3 Å². The maximum atomic E-state index is 12.8. The first-order valence-corrected chi connectivity index (χ1v) is 12.0. The van der Waals surface area contributed by atoms with Crippen LogP contribution in [0.4, 0.5) is 11.4 Å². The second kappa shape index (κ2) is 11.1. The van der Waals surface area contributed by atoms with E-state index in [0.29, 0.717) is 22.9 Å². The van der Waals surface area contributed by atoms with Crippen LogP contribution in [0.25, 0.3) is 0 Å². The smallest absolute Gasteiger partial charge is 0.269 e. The monoisotopic (exact) mass is 473 g/mol. The number of hydrogen-bond acceptors (Lipinski definition) is 5. The van der Waals surface area contributed by atoms with Crippen molar-refractivity contribution in [2.45, 2.75) is 45.3 Å². The number of anilines is 1. The molecule has 0 atom stereocenters. The van der Waals surface area contributed by atoms with E-state index in [1.807, 2.05) is 50.2 Å². The highest BCUT2D eigenvalue weighted by molar-refractivity contribution is 6.05. The first-order valence-electron chi connectivity index (χ1n) is 12.0. The van der Waals surface area contributed by atoms with Crippen molar-refractivity contribution in [2.24, 2.45) is 0 Å². The fourth-order valence-electron chi connectivity index (χ4n) is 4.45. The highest BCUT2D eigenvalue weighted by atomic mass is 16.6. The van der Waals surface area contributed by atoms with Gasteiger partial charge in [0.25, 0.3) is 11.6 Å². The predicted octanol–water partition coefficient (Wildman–Crippen LogP) is 6.01. The first kappa shape index (κ1) is 24.4. The molecule has 0 unspecified atom stereocenters. The number of nitro benzene ring substituents is 1. The zero-order valence-electron chi connectivity index (χ0n) is 20.1. The Morgan fingerprint density at radius 1 is 1.06 bits per heavy atom. The van der Waals surface area contributed by atoms with Gasteiger partial charge >= 0.3 is 0 Å². The Labute approximate surface area is 205 Å². The number of carbonyl (C=O) groups is 1. The molecule has 3 aromatic rings. The van der Waals surface area contributed by atoms with Gasteiger partial charge in [0.2, 0.25) is 0 Å². The van der Waals surface area contributed by atoms with Crippen molar-refractivity contribution in [3.63, 3.8) is 0 Å². The van der Waals surface area contributed by atoms with Gasteiger partial charge in [-0.25, -0.2) is 0 Å². The minimum absolute atomic E-state index is 0.00381. The topological polar surface area (TPSA) is 84.7 Å². The molecule has 1 fully saturated rings. The predicted molar refractivity (Wildman–Crippen MR) is 137 cm³/mol. The van der Waals surface area contributed by atoms with Gasteiger partial charge in [0.15, 0.2) is 0 Å². The third-order valence-corrected chi connectivity index (χ3v) is 6.26. The lowest BCUT2D eigenvalue weighted by molar-refractivity contribution is -0.384. The Bertz CT molecular complexity index is 1150. The van der Waals surface area contributed by atoms with E-state index >= 15 is 0 Å². The first-order chi connectivity index (χ1) is 16.9. The second-order valence-corrected chi connectivity index (χ2v) is 9.22. The molecular formula is C28H31N3O4. The van der Waals surface area contributed by atoms with Crippen LogP contribution in [0.5, 0.6) is 5.75 Å². The fraction of sp³-hybridized carbons (Fsp3) is 0.321. The van der Waals surface area contributed by atoms with E-state index in [9.17, 15) is 14.9 Å². The number of hydrogen-bond donors (Lipinski definition) is 1. The van der Waals surface area contributed by atoms with E-state index in [4.69, 9.17) is 4.74 Å². The zero-order valence-corrected chi connectivity index (χ0v) is 20.1. The molecule has 0 spiro atoms. The van der Waals surface area contributed by atoms with Gasteiger partial charge in [-0.2, -0.15) is 0 Å². The van der Waals surface area contributed by atoms with Crippen LogP contribution in [0.15, 0.2) is 72.8 Å². The maximum Gasteiger partial charge on any atom is 0.269 e. The van der Waals surface area contributed by atoms with Crippen molar-refractivity contribution in [1.82, 2.24) is 4.90 Å². The molecule has 0 radical (unpaired) electrons. The number of likely N-dealkylation sites (tertiary alicyclic amines) is 1. The minimum Gasteiger partial charge on any atom is -0.489 e. The molecule has 0 aliphatic carbocycles. The molecule has 35 heavy (non-hydrogen) atoms. The number of carbonyl (C=O) groups excluding carboxylic acids is 1. The third kappa shape index (κ3) is 6.45. The van der Waals surface area contributed by atoms with Gasteiger partial charge in [0.05, 0.1) is 16.7 Å². The van der Waals surface area contributed by atoms with Crippen molar-refractivity contribution in [3.8, 4) is 5.75 Å². The summed E-state index contributed by atoms with van der Waals surface area (Å²) in [5.41, 5.74) is 3.69. The molecule has 4 rings (SSSR count). The number of amides is 1. The lowest BCUT2D eigenvalue weighted by atomic mass is 9.89. The van der Waals surface area contributed by atoms with E-state index in [2.05, 4.69) is 22.3 Å². The molecule has 1 amide bonds. The number of nitrogens with zero attached hydrogens (tertiary/aromatic N) is 2. The van der Waals surface area contributed by atoms with Crippen LogP contribution in [-0.2, 0) is 6.54 Å². The summed E-state index contributed by atoms with van der Waals surface area (Å²) in [6.45, 7) is 6.61. The Hall–Kier alpha value is -3.71. The molecule has 3 aromatic carbocycles. The quantitative estimate of drug-likeness (QED) is 0.320. The summed E-state index contributed by atoms with van der Waals surface area (Å²) in [6.07, 6.45) is 2.00. The molecule has 182 valence electrons. The van der Waals surface area contributed by atoms with Crippen LogP contribution in [0.3, 0.4) is 0 Å². The number of nitro groups is 1. The number of piperidine rings is 1. The molecule has 1 heterocycles. The summed E-state index contributed by atoms with van der Waals surface area (Å²) in [7, 11) is 0. The average Bonchev–Trinajstić information content (AvgIpc) is 2.86. The molecule has 0 bridgehead atoms. The molecular weight excluding hydrogens is 442 g/mol. The number of rotatable bonds is 8. The minimum atomic E-state index is -0.372. The van der Waals surface area contributed by atoms with Crippen molar-refractivity contribution in [2.75, 3.05) is 18.4 Å². The number of non-ortho nitro benzene ring substituents is 1. The third-order valence-electron chi connectivity index (χ3n) is 6.26. The second-order valence-electron chi connectivity index (χ2n) is 9.22. The fourth-order valence-corrected chi connectivity index (χ4v) is 4.45. The van der Waals surface area contributed by atoms with Crippen molar-refractivity contribution >= 4 is 17.3 Å². The molecule has 1 aliphatic heterocycles. The highest BCUT2D eigenvalue weighted by Crippen LogP contribution is 2.35. The van der Waals surface area contributed by atoms with Gasteiger partial charge < -0.3 is 10.1 Å². The van der Waals surface area contributed by atoms with Crippen LogP contribution in [0, 0.1) is 10.1 Å². The lowest BCUT2D eigenvalue weighted by Crippen LogP contribution is -2.32. The zero-order chi connectivity index (χ0) is 24.8. The van der Waals surface area contributed by atoms with E-state index in [0.717, 1.165) is 38.0 Å². The van der Waals surface area contributed by atoms with Gasteiger partial charge in [-0.3, -0.25) is 19.8 Å². The Morgan fingerprint density at radius 3 is 2.37 bits per heavy atom. The summed E-state index contributed by atoms with van der Waals surface area (Å²) < 4.78 is 5.97. The number of nitrogens with one attached hydrogen (secondary N) is 1. The summed E-state index contributed by atoms with van der Waals surface area (Å²) in [5, 5.41) is 13.9. The van der Waals surface area contributed by atoms with Gasteiger partial charge in [0.1, 0.15) is 5.75 Å². The highest BCUT2D eigenvalue weighted by Gasteiger charge is 2.22. The average molecular weight is 474 g/mol. The Balaban J connectivity index is 1.42. The summed E-state index contributed by atoms with van der Waals surface area (Å²) in [6, 6.07) is 22.1. The molecule has 7 nitrogen and oxygen atoms in total. The SMILES string of the molecule is CC(C)Oc1ccc(C2CCN(Cc3ccc([N+](=O)[O-])cc3)CC2)cc1NC(=O)c1ccccc1. The molecule has 1 N–H and O–H groups in total. The van der Waals surface area contributed by atoms with Crippen molar-refractivity contribution in [3.05, 3.63) is 99.6 Å². The summed E-state index contributed by atoms with van der Waals surface area (Å²) >= 11 is 0. The lowest BCUT2D eigenvalue weighted by Gasteiger charge is -2.32. The van der Waals surface area contributed by atoms with Gasteiger partial charge in [-0.1, -0.05) is 36.4 Å². The Morgan fingerprint density at radius 2 is 1.74 bits per heavy atom.